The number of hydrogen-bond donors (Lipinski definition) is 2. The molecule has 2 amide bonds. The average Bonchev–Trinajstić information content (AvgIpc) is 2.65. The number of nitrogens with one attached hydrogen (secondary N) is 2. The number of hydrogen-bond acceptors (Lipinski definition) is 4. The molecule has 0 spiro atoms. The molecular weight excluding hydrogens is 325 g/mol. The van der Waals surface area contributed by atoms with Crippen molar-refractivity contribution in [2.24, 2.45) is 0 Å². The number of carbonyl (C=O) groups excluding carboxylic acids is 1. The van der Waals surface area contributed by atoms with Gasteiger partial charge >= 0.3 is 6.03 Å². The lowest BCUT2D eigenvalue weighted by Crippen LogP contribution is -2.39. The van der Waals surface area contributed by atoms with Gasteiger partial charge in [0.2, 0.25) is 10.0 Å². The normalized spacial score (nSPS) is 19.1. The van der Waals surface area contributed by atoms with Crippen LogP contribution in [0.1, 0.15) is 13.3 Å². The van der Waals surface area contributed by atoms with Crippen molar-refractivity contribution in [2.45, 2.75) is 19.4 Å². The highest BCUT2D eigenvalue weighted by molar-refractivity contribution is 7.92. The van der Waals surface area contributed by atoms with Crippen molar-refractivity contribution in [2.75, 3.05) is 36.0 Å². The Balaban J connectivity index is 2.11. The van der Waals surface area contributed by atoms with Crippen molar-refractivity contribution >= 4 is 27.4 Å². The van der Waals surface area contributed by atoms with Gasteiger partial charge in [0, 0.05) is 19.7 Å². The molecular formula is C14H20FN3O4S. The minimum absolute atomic E-state index is 0.0820. The van der Waals surface area contributed by atoms with Gasteiger partial charge in [-0.3, -0.25) is 4.72 Å². The molecule has 0 bridgehead atoms. The van der Waals surface area contributed by atoms with Crippen LogP contribution < -0.4 is 10.0 Å². The van der Waals surface area contributed by atoms with E-state index < -0.39 is 21.9 Å². The summed E-state index contributed by atoms with van der Waals surface area (Å²) < 4.78 is 44.0. The minimum Gasteiger partial charge on any atom is -0.377 e. The molecule has 1 aliphatic heterocycles. The van der Waals surface area contributed by atoms with Gasteiger partial charge in [0.1, 0.15) is 5.82 Å². The first kappa shape index (κ1) is 17.5. The van der Waals surface area contributed by atoms with Gasteiger partial charge in [0.15, 0.2) is 0 Å². The predicted octanol–water partition coefficient (Wildman–Crippen LogP) is 1.84. The summed E-state index contributed by atoms with van der Waals surface area (Å²) in [6, 6.07) is 3.18. The molecule has 1 aliphatic rings. The summed E-state index contributed by atoms with van der Waals surface area (Å²) in [4.78, 5) is 13.8. The van der Waals surface area contributed by atoms with E-state index in [1.807, 2.05) is 6.92 Å². The zero-order chi connectivity index (χ0) is 17.0. The van der Waals surface area contributed by atoms with Crippen molar-refractivity contribution in [1.29, 1.82) is 0 Å². The molecule has 1 saturated heterocycles. The highest BCUT2D eigenvalue weighted by atomic mass is 32.2. The molecule has 7 nitrogen and oxygen atoms in total. The maximum Gasteiger partial charge on any atom is 0.322 e. The summed E-state index contributed by atoms with van der Waals surface area (Å²) in [5, 5.41) is 2.48. The predicted molar refractivity (Wildman–Crippen MR) is 85.5 cm³/mol. The Labute approximate surface area is 134 Å². The van der Waals surface area contributed by atoms with E-state index in [0.717, 1.165) is 12.3 Å². The molecule has 0 radical (unpaired) electrons. The van der Waals surface area contributed by atoms with E-state index in [2.05, 4.69) is 10.0 Å². The molecule has 1 fully saturated rings. The maximum absolute atomic E-state index is 13.9. The van der Waals surface area contributed by atoms with Crippen molar-refractivity contribution in [3.8, 4) is 0 Å². The van der Waals surface area contributed by atoms with Gasteiger partial charge in [0.05, 0.1) is 23.7 Å². The number of urea groups is 1. The Morgan fingerprint density at radius 1 is 1.43 bits per heavy atom. The molecule has 9 heteroatoms. The molecule has 0 unspecified atom stereocenters. The second-order valence-electron chi connectivity index (χ2n) is 5.48. The Morgan fingerprint density at radius 3 is 2.87 bits per heavy atom. The number of halogens is 1. The molecule has 2 N–H and O–H groups in total. The number of rotatable bonds is 3. The van der Waals surface area contributed by atoms with E-state index in [0.29, 0.717) is 26.1 Å². The minimum atomic E-state index is -3.48. The van der Waals surface area contributed by atoms with Crippen LogP contribution in [0, 0.1) is 5.82 Å². The van der Waals surface area contributed by atoms with Crippen molar-refractivity contribution in [1.82, 2.24) is 4.90 Å². The smallest absolute Gasteiger partial charge is 0.322 e. The molecule has 0 aliphatic carbocycles. The average molecular weight is 345 g/mol. The number of sulfonamides is 1. The number of amides is 2. The lowest BCUT2D eigenvalue weighted by Gasteiger charge is -2.22. The summed E-state index contributed by atoms with van der Waals surface area (Å²) in [7, 11) is -3.48. The fraction of sp³-hybridized carbons (Fsp3) is 0.500. The summed E-state index contributed by atoms with van der Waals surface area (Å²) in [6.45, 7) is 3.36. The largest absolute Gasteiger partial charge is 0.377 e. The lowest BCUT2D eigenvalue weighted by atomic mass is 10.2. The first-order chi connectivity index (χ1) is 10.7. The van der Waals surface area contributed by atoms with Gasteiger partial charge in [-0.2, -0.15) is 0 Å². The van der Waals surface area contributed by atoms with E-state index >= 15 is 0 Å². The van der Waals surface area contributed by atoms with Crippen LogP contribution in [-0.4, -0.2) is 51.4 Å². The first-order valence-corrected chi connectivity index (χ1v) is 9.08. The third-order valence-electron chi connectivity index (χ3n) is 3.25. The molecule has 128 valence electrons. The topological polar surface area (TPSA) is 87.7 Å². The molecule has 1 atom stereocenters. The van der Waals surface area contributed by atoms with Crippen LogP contribution >= 0.6 is 0 Å². The zero-order valence-corrected chi connectivity index (χ0v) is 13.8. The molecule has 0 aromatic heterocycles. The molecule has 1 aromatic rings. The van der Waals surface area contributed by atoms with Gasteiger partial charge in [-0.05, 0) is 31.5 Å². The quantitative estimate of drug-likeness (QED) is 0.875. The Bertz CT molecular complexity index is 681. The number of nitrogens with zero attached hydrogens (tertiary/aromatic N) is 1. The molecule has 0 saturated carbocycles. The summed E-state index contributed by atoms with van der Waals surface area (Å²) in [5.74, 6) is -0.642. The van der Waals surface area contributed by atoms with E-state index in [4.69, 9.17) is 4.74 Å². The van der Waals surface area contributed by atoms with Crippen LogP contribution in [0.2, 0.25) is 0 Å². The number of carbonyl (C=O) groups is 1. The van der Waals surface area contributed by atoms with Crippen LogP contribution in [0.4, 0.5) is 20.6 Å². The maximum atomic E-state index is 13.9. The fourth-order valence-corrected chi connectivity index (χ4v) is 2.83. The van der Waals surface area contributed by atoms with Crippen molar-refractivity contribution in [3.63, 3.8) is 0 Å². The van der Waals surface area contributed by atoms with E-state index in [-0.39, 0.29) is 17.5 Å². The summed E-state index contributed by atoms with van der Waals surface area (Å²) in [6.07, 6.45) is 1.61. The van der Waals surface area contributed by atoms with E-state index in [1.165, 1.54) is 12.1 Å². The second-order valence-corrected chi connectivity index (χ2v) is 7.23. The molecule has 23 heavy (non-hydrogen) atoms. The Morgan fingerprint density at radius 2 is 2.17 bits per heavy atom. The van der Waals surface area contributed by atoms with E-state index in [1.54, 1.807) is 4.90 Å². The number of anilines is 2. The van der Waals surface area contributed by atoms with Gasteiger partial charge in [-0.1, -0.05) is 0 Å². The Kier molecular flexibility index (Phi) is 5.42. The number of benzene rings is 1. The Hall–Kier alpha value is -1.87. The van der Waals surface area contributed by atoms with Gasteiger partial charge < -0.3 is 15.0 Å². The van der Waals surface area contributed by atoms with Gasteiger partial charge in [-0.25, -0.2) is 17.6 Å². The second kappa shape index (κ2) is 7.14. The van der Waals surface area contributed by atoms with Crippen LogP contribution in [-0.2, 0) is 14.8 Å². The third kappa shape index (κ3) is 5.36. The van der Waals surface area contributed by atoms with Gasteiger partial charge in [0.25, 0.3) is 0 Å². The van der Waals surface area contributed by atoms with Crippen molar-refractivity contribution < 1.29 is 22.3 Å². The highest BCUT2D eigenvalue weighted by Crippen LogP contribution is 2.21. The summed E-state index contributed by atoms with van der Waals surface area (Å²) in [5.41, 5.74) is 0.0956. The van der Waals surface area contributed by atoms with Crippen LogP contribution in [0.5, 0.6) is 0 Å². The monoisotopic (exact) mass is 345 g/mol. The molecule has 2 rings (SSSR count). The van der Waals surface area contributed by atoms with Crippen molar-refractivity contribution in [3.05, 3.63) is 24.0 Å². The first-order valence-electron chi connectivity index (χ1n) is 7.19. The molecule has 1 aromatic carbocycles. The number of ether oxygens (including phenoxy) is 1. The lowest BCUT2D eigenvalue weighted by molar-refractivity contribution is 0.0718. The summed E-state index contributed by atoms with van der Waals surface area (Å²) >= 11 is 0. The van der Waals surface area contributed by atoms with Crippen LogP contribution in [0.25, 0.3) is 0 Å². The standard InChI is InChI=1S/C14H20FN3O4S/c1-10-9-18(6-3-7-22-10)14(19)16-13-8-11(4-5-12(13)15)17-23(2,20)21/h4-5,8,10,17H,3,6-7,9H2,1-2H3,(H,16,19)/t10-/m1/s1. The van der Waals surface area contributed by atoms with Crippen LogP contribution in [0.15, 0.2) is 18.2 Å². The zero-order valence-electron chi connectivity index (χ0n) is 13.0. The molecule has 1 heterocycles. The van der Waals surface area contributed by atoms with Gasteiger partial charge in [-0.15, -0.1) is 0 Å². The third-order valence-corrected chi connectivity index (χ3v) is 3.86. The SMILES string of the molecule is C[C@@H]1CN(C(=O)Nc2cc(NS(C)(=O)=O)ccc2F)CCCO1. The highest BCUT2D eigenvalue weighted by Gasteiger charge is 2.21. The van der Waals surface area contributed by atoms with E-state index in [9.17, 15) is 17.6 Å². The fourth-order valence-electron chi connectivity index (χ4n) is 2.27. The van der Waals surface area contributed by atoms with Crippen LogP contribution in [0.3, 0.4) is 0 Å².